The van der Waals surface area contributed by atoms with Crippen LogP contribution in [0.2, 0.25) is 0 Å². The number of carbonyl (C=O) groups excluding carboxylic acids is 1. The van der Waals surface area contributed by atoms with Crippen LogP contribution in [0.15, 0.2) is 24.3 Å². The monoisotopic (exact) mass is 220 g/mol. The van der Waals surface area contributed by atoms with E-state index in [0.29, 0.717) is 25.4 Å². The molecule has 0 N–H and O–H groups in total. The molecule has 1 aliphatic heterocycles. The maximum absolute atomic E-state index is 11.6. The Balaban J connectivity index is 2.04. The second-order valence-corrected chi connectivity index (χ2v) is 4.04. The van der Waals surface area contributed by atoms with Crippen molar-refractivity contribution in [3.63, 3.8) is 0 Å². The molecule has 1 unspecified atom stereocenters. The third-order valence-corrected chi connectivity index (χ3v) is 2.88. The molecular formula is C13H16O3. The van der Waals surface area contributed by atoms with Crippen molar-refractivity contribution >= 4 is 5.78 Å². The quantitative estimate of drug-likeness (QED) is 0.779. The molecule has 16 heavy (non-hydrogen) atoms. The molecule has 0 spiro atoms. The van der Waals surface area contributed by atoms with E-state index in [1.807, 2.05) is 24.3 Å². The number of Topliss-reactive ketones (excluding diaryl/α,β-unsaturated/α-hetero) is 1. The summed E-state index contributed by atoms with van der Waals surface area (Å²) in [5, 5.41) is 0. The van der Waals surface area contributed by atoms with Gasteiger partial charge in [0.1, 0.15) is 11.5 Å². The van der Waals surface area contributed by atoms with Gasteiger partial charge in [-0.2, -0.15) is 0 Å². The van der Waals surface area contributed by atoms with Crippen molar-refractivity contribution in [1.82, 2.24) is 0 Å². The molecule has 2 rings (SSSR count). The minimum absolute atomic E-state index is 0.0147. The number of hydrogen-bond acceptors (Lipinski definition) is 3. The summed E-state index contributed by atoms with van der Waals surface area (Å²) in [6.45, 7) is 1.13. The molecule has 86 valence electrons. The minimum Gasteiger partial charge on any atom is -0.497 e. The number of carbonyl (C=O) groups is 1. The highest BCUT2D eigenvalue weighted by Crippen LogP contribution is 2.19. The van der Waals surface area contributed by atoms with Gasteiger partial charge in [-0.3, -0.25) is 4.79 Å². The van der Waals surface area contributed by atoms with Crippen molar-refractivity contribution in [2.45, 2.75) is 12.8 Å². The summed E-state index contributed by atoms with van der Waals surface area (Å²) in [7, 11) is 1.65. The van der Waals surface area contributed by atoms with Gasteiger partial charge < -0.3 is 9.47 Å². The Labute approximate surface area is 95.4 Å². The van der Waals surface area contributed by atoms with Gasteiger partial charge in [0, 0.05) is 12.3 Å². The molecule has 1 aliphatic rings. The van der Waals surface area contributed by atoms with E-state index in [-0.39, 0.29) is 5.92 Å². The van der Waals surface area contributed by atoms with Gasteiger partial charge in [-0.1, -0.05) is 12.1 Å². The van der Waals surface area contributed by atoms with Crippen molar-refractivity contribution < 1.29 is 14.3 Å². The zero-order valence-corrected chi connectivity index (χ0v) is 9.44. The maximum atomic E-state index is 11.6. The van der Waals surface area contributed by atoms with Crippen LogP contribution in [-0.4, -0.2) is 26.1 Å². The van der Waals surface area contributed by atoms with Crippen molar-refractivity contribution in [2.75, 3.05) is 20.3 Å². The summed E-state index contributed by atoms with van der Waals surface area (Å²) in [5.41, 5.74) is 1.13. The van der Waals surface area contributed by atoms with Crippen LogP contribution in [0.1, 0.15) is 12.0 Å². The largest absolute Gasteiger partial charge is 0.497 e. The van der Waals surface area contributed by atoms with E-state index in [9.17, 15) is 4.79 Å². The normalized spacial score (nSPS) is 20.8. The van der Waals surface area contributed by atoms with E-state index < -0.39 is 0 Å². The summed E-state index contributed by atoms with van der Waals surface area (Å²) in [6.07, 6.45) is 1.30. The van der Waals surface area contributed by atoms with E-state index in [1.165, 1.54) is 0 Å². The Morgan fingerprint density at radius 1 is 1.50 bits per heavy atom. The molecule has 0 aromatic heterocycles. The van der Waals surface area contributed by atoms with E-state index in [1.54, 1.807) is 7.11 Å². The molecule has 1 aromatic carbocycles. The molecule has 1 aromatic rings. The molecule has 1 saturated heterocycles. The summed E-state index contributed by atoms with van der Waals surface area (Å²) in [4.78, 5) is 11.6. The minimum atomic E-state index is 0.0147. The van der Waals surface area contributed by atoms with Crippen LogP contribution < -0.4 is 4.74 Å². The van der Waals surface area contributed by atoms with Gasteiger partial charge in [-0.15, -0.1) is 0 Å². The van der Waals surface area contributed by atoms with E-state index >= 15 is 0 Å². The second kappa shape index (κ2) is 5.12. The van der Waals surface area contributed by atoms with Crippen LogP contribution >= 0.6 is 0 Å². The Morgan fingerprint density at radius 3 is 3.12 bits per heavy atom. The van der Waals surface area contributed by atoms with Gasteiger partial charge in [0.15, 0.2) is 0 Å². The molecule has 1 fully saturated rings. The van der Waals surface area contributed by atoms with Gasteiger partial charge >= 0.3 is 0 Å². The van der Waals surface area contributed by atoms with Crippen molar-refractivity contribution in [1.29, 1.82) is 0 Å². The lowest BCUT2D eigenvalue weighted by atomic mass is 9.93. The van der Waals surface area contributed by atoms with Crippen LogP contribution in [0.5, 0.6) is 5.75 Å². The van der Waals surface area contributed by atoms with E-state index in [0.717, 1.165) is 17.7 Å². The third-order valence-electron chi connectivity index (χ3n) is 2.88. The number of rotatable bonds is 3. The highest BCUT2D eigenvalue weighted by atomic mass is 16.5. The van der Waals surface area contributed by atoms with Gasteiger partial charge in [0.05, 0.1) is 20.3 Å². The molecule has 3 nitrogen and oxygen atoms in total. The average Bonchev–Trinajstić information content (AvgIpc) is 2.32. The van der Waals surface area contributed by atoms with Crippen molar-refractivity contribution in [2.24, 2.45) is 5.92 Å². The molecular weight excluding hydrogens is 204 g/mol. The van der Waals surface area contributed by atoms with Crippen LogP contribution in [0, 0.1) is 5.92 Å². The summed E-state index contributed by atoms with van der Waals surface area (Å²) in [6, 6.07) is 7.84. The summed E-state index contributed by atoms with van der Waals surface area (Å²) in [5.74, 6) is 1.16. The SMILES string of the molecule is COc1cccc(CC2COCCC2=O)c1. The lowest BCUT2D eigenvalue weighted by molar-refractivity contribution is -0.130. The van der Waals surface area contributed by atoms with Gasteiger partial charge in [0.25, 0.3) is 0 Å². The number of ether oxygens (including phenoxy) is 2. The lowest BCUT2D eigenvalue weighted by Gasteiger charge is -2.20. The first-order valence-corrected chi connectivity index (χ1v) is 5.53. The number of ketones is 1. The Hall–Kier alpha value is -1.35. The first-order valence-electron chi connectivity index (χ1n) is 5.53. The predicted molar refractivity (Wildman–Crippen MR) is 60.6 cm³/mol. The Bertz CT molecular complexity index is 373. The standard InChI is InChI=1S/C13H16O3/c1-15-12-4-2-3-10(8-12)7-11-9-16-6-5-13(11)14/h2-4,8,11H,5-7,9H2,1H3. The highest BCUT2D eigenvalue weighted by Gasteiger charge is 2.22. The molecule has 1 atom stereocenters. The van der Waals surface area contributed by atoms with Gasteiger partial charge in [-0.05, 0) is 24.1 Å². The van der Waals surface area contributed by atoms with Crippen molar-refractivity contribution in [3.05, 3.63) is 29.8 Å². The second-order valence-electron chi connectivity index (χ2n) is 4.04. The lowest BCUT2D eigenvalue weighted by Crippen LogP contribution is -2.29. The zero-order valence-electron chi connectivity index (χ0n) is 9.44. The molecule has 0 aliphatic carbocycles. The first-order chi connectivity index (χ1) is 7.79. The van der Waals surface area contributed by atoms with Crippen LogP contribution in [-0.2, 0) is 16.0 Å². The summed E-state index contributed by atoms with van der Waals surface area (Å²) >= 11 is 0. The van der Waals surface area contributed by atoms with Crippen LogP contribution in [0.25, 0.3) is 0 Å². The smallest absolute Gasteiger partial charge is 0.140 e. The topological polar surface area (TPSA) is 35.5 Å². The summed E-state index contributed by atoms with van der Waals surface area (Å²) < 4.78 is 10.5. The van der Waals surface area contributed by atoms with E-state index in [4.69, 9.17) is 9.47 Å². The molecule has 0 amide bonds. The van der Waals surface area contributed by atoms with Crippen molar-refractivity contribution in [3.8, 4) is 5.75 Å². The Kier molecular flexibility index (Phi) is 3.57. The van der Waals surface area contributed by atoms with Gasteiger partial charge in [-0.25, -0.2) is 0 Å². The van der Waals surface area contributed by atoms with E-state index in [2.05, 4.69) is 0 Å². The predicted octanol–water partition coefficient (Wildman–Crippen LogP) is 1.84. The highest BCUT2D eigenvalue weighted by molar-refractivity contribution is 5.82. The fraction of sp³-hybridized carbons (Fsp3) is 0.462. The molecule has 0 radical (unpaired) electrons. The zero-order chi connectivity index (χ0) is 11.4. The number of methoxy groups -OCH3 is 1. The third kappa shape index (κ3) is 2.61. The molecule has 1 heterocycles. The number of hydrogen-bond donors (Lipinski definition) is 0. The maximum Gasteiger partial charge on any atom is 0.140 e. The fourth-order valence-corrected chi connectivity index (χ4v) is 1.95. The fourth-order valence-electron chi connectivity index (χ4n) is 1.95. The first kappa shape index (κ1) is 11.1. The molecule has 3 heteroatoms. The average molecular weight is 220 g/mol. The molecule has 0 bridgehead atoms. The van der Waals surface area contributed by atoms with Crippen LogP contribution in [0.3, 0.4) is 0 Å². The molecule has 0 saturated carbocycles. The van der Waals surface area contributed by atoms with Gasteiger partial charge in [0.2, 0.25) is 0 Å². The number of benzene rings is 1. The Morgan fingerprint density at radius 2 is 2.38 bits per heavy atom. The van der Waals surface area contributed by atoms with Crippen LogP contribution in [0.4, 0.5) is 0 Å².